The number of hydrogen-bond acceptors (Lipinski definition) is 2. The molecule has 1 unspecified atom stereocenters. The van der Waals surface area contributed by atoms with Crippen molar-refractivity contribution in [2.45, 2.75) is 26.8 Å². The van der Waals surface area contributed by atoms with Crippen molar-refractivity contribution in [2.75, 3.05) is 0 Å². The van der Waals surface area contributed by atoms with Gasteiger partial charge >= 0.3 is 0 Å². The third kappa shape index (κ3) is 3.68. The fourth-order valence-corrected chi connectivity index (χ4v) is 2.22. The molecule has 3 N–H and O–H groups in total. The molecule has 98 valence electrons. The van der Waals surface area contributed by atoms with Crippen LogP contribution in [0.1, 0.15) is 29.8 Å². The zero-order chi connectivity index (χ0) is 13.9. The monoisotopic (exact) mass is 284 g/mol. The molecule has 0 radical (unpaired) electrons. The number of aryl methyl sites for hydroxylation is 1. The van der Waals surface area contributed by atoms with E-state index in [9.17, 15) is 4.79 Å². The number of thiocarbonyl (C=S) groups is 1. The van der Waals surface area contributed by atoms with Gasteiger partial charge in [0, 0.05) is 10.6 Å². The number of halogens is 1. The van der Waals surface area contributed by atoms with Crippen LogP contribution in [-0.4, -0.2) is 16.9 Å². The summed E-state index contributed by atoms with van der Waals surface area (Å²) < 4.78 is 0. The number of nitrogens with one attached hydrogen (secondary N) is 1. The highest BCUT2D eigenvalue weighted by Crippen LogP contribution is 2.15. The Morgan fingerprint density at radius 1 is 1.44 bits per heavy atom. The third-order valence-corrected chi connectivity index (χ3v) is 3.18. The first-order chi connectivity index (χ1) is 8.32. The highest BCUT2D eigenvalue weighted by Gasteiger charge is 2.20. The molecule has 1 atom stereocenters. The number of amides is 1. The van der Waals surface area contributed by atoms with Crippen molar-refractivity contribution in [3.05, 3.63) is 34.3 Å². The number of carbonyl (C=O) groups is 1. The molecule has 0 fully saturated rings. The molecule has 1 aromatic rings. The van der Waals surface area contributed by atoms with Crippen LogP contribution in [0.25, 0.3) is 0 Å². The summed E-state index contributed by atoms with van der Waals surface area (Å²) in [6.07, 6.45) is 0. The van der Waals surface area contributed by atoms with Gasteiger partial charge in [0.2, 0.25) is 0 Å². The first kappa shape index (κ1) is 14.9. The molecule has 5 heteroatoms. The summed E-state index contributed by atoms with van der Waals surface area (Å²) in [5.41, 5.74) is 7.03. The highest BCUT2D eigenvalue weighted by molar-refractivity contribution is 7.80. The van der Waals surface area contributed by atoms with Crippen LogP contribution in [0.4, 0.5) is 0 Å². The van der Waals surface area contributed by atoms with E-state index < -0.39 is 0 Å². The Kier molecular flexibility index (Phi) is 5.11. The number of rotatable bonds is 4. The van der Waals surface area contributed by atoms with Gasteiger partial charge in [0.15, 0.2) is 0 Å². The lowest BCUT2D eigenvalue weighted by Crippen LogP contribution is -2.46. The third-order valence-electron chi connectivity index (χ3n) is 2.69. The Hall–Kier alpha value is -1.13. The fourth-order valence-electron chi connectivity index (χ4n) is 1.67. The topological polar surface area (TPSA) is 55.1 Å². The highest BCUT2D eigenvalue weighted by atomic mass is 35.5. The average molecular weight is 285 g/mol. The molecule has 0 spiro atoms. The van der Waals surface area contributed by atoms with Gasteiger partial charge in [-0.3, -0.25) is 4.79 Å². The van der Waals surface area contributed by atoms with Gasteiger partial charge in [0.05, 0.1) is 11.0 Å². The first-order valence-corrected chi connectivity index (χ1v) is 6.48. The lowest BCUT2D eigenvalue weighted by atomic mass is 10.0. The molecular formula is C13H17ClN2OS. The molecule has 0 heterocycles. The van der Waals surface area contributed by atoms with Crippen molar-refractivity contribution in [3.8, 4) is 0 Å². The van der Waals surface area contributed by atoms with Gasteiger partial charge < -0.3 is 11.1 Å². The van der Waals surface area contributed by atoms with E-state index in [2.05, 4.69) is 5.32 Å². The molecular weight excluding hydrogens is 268 g/mol. The Morgan fingerprint density at radius 3 is 2.50 bits per heavy atom. The number of carbonyl (C=O) groups excluding carboxylic acids is 1. The number of benzene rings is 1. The second kappa shape index (κ2) is 6.16. The molecule has 18 heavy (non-hydrogen) atoms. The molecule has 0 saturated heterocycles. The van der Waals surface area contributed by atoms with Crippen LogP contribution in [-0.2, 0) is 0 Å². The smallest absolute Gasteiger partial charge is 0.252 e. The van der Waals surface area contributed by atoms with Gasteiger partial charge in [0.1, 0.15) is 0 Å². The van der Waals surface area contributed by atoms with Crippen molar-refractivity contribution in [3.63, 3.8) is 0 Å². The molecule has 0 aromatic heterocycles. The van der Waals surface area contributed by atoms with Crippen LogP contribution in [0.5, 0.6) is 0 Å². The van der Waals surface area contributed by atoms with E-state index in [0.717, 1.165) is 5.56 Å². The maximum atomic E-state index is 12.1. The minimum absolute atomic E-state index is 0.152. The van der Waals surface area contributed by atoms with Gasteiger partial charge in [-0.15, -0.1) is 0 Å². The van der Waals surface area contributed by atoms with Gasteiger partial charge in [-0.2, -0.15) is 0 Å². The molecule has 0 bridgehead atoms. The van der Waals surface area contributed by atoms with Gasteiger partial charge in [0.25, 0.3) is 5.91 Å². The molecule has 3 nitrogen and oxygen atoms in total. The Labute approximate surface area is 118 Å². The molecule has 1 aromatic carbocycles. The van der Waals surface area contributed by atoms with E-state index in [-0.39, 0.29) is 17.9 Å². The summed E-state index contributed by atoms with van der Waals surface area (Å²) in [6, 6.07) is 4.84. The van der Waals surface area contributed by atoms with Crippen LogP contribution >= 0.6 is 23.8 Å². The second-order valence-corrected chi connectivity index (χ2v) is 5.46. The van der Waals surface area contributed by atoms with Crippen LogP contribution in [0.15, 0.2) is 18.2 Å². The van der Waals surface area contributed by atoms with E-state index in [1.807, 2.05) is 20.8 Å². The minimum Gasteiger partial charge on any atom is -0.392 e. The van der Waals surface area contributed by atoms with E-state index in [0.29, 0.717) is 15.6 Å². The normalized spacial score (nSPS) is 12.3. The average Bonchev–Trinajstić information content (AvgIpc) is 2.24. The number of nitrogens with two attached hydrogens (primary N) is 1. The van der Waals surface area contributed by atoms with Crippen LogP contribution in [0, 0.1) is 12.8 Å². The van der Waals surface area contributed by atoms with Crippen molar-refractivity contribution < 1.29 is 4.79 Å². The summed E-state index contributed by atoms with van der Waals surface area (Å²) in [7, 11) is 0. The van der Waals surface area contributed by atoms with Crippen molar-refractivity contribution in [1.82, 2.24) is 5.32 Å². The Bertz CT molecular complexity index is 474. The zero-order valence-corrected chi connectivity index (χ0v) is 12.2. The van der Waals surface area contributed by atoms with E-state index in [1.54, 1.807) is 18.2 Å². The molecule has 0 aliphatic carbocycles. The lowest BCUT2D eigenvalue weighted by molar-refractivity contribution is 0.0939. The van der Waals surface area contributed by atoms with Crippen LogP contribution in [0.2, 0.25) is 5.02 Å². The Morgan fingerprint density at radius 2 is 2.06 bits per heavy atom. The van der Waals surface area contributed by atoms with Crippen LogP contribution in [0.3, 0.4) is 0 Å². The van der Waals surface area contributed by atoms with Crippen molar-refractivity contribution in [1.29, 1.82) is 0 Å². The first-order valence-electron chi connectivity index (χ1n) is 5.69. The Balaban J connectivity index is 2.91. The van der Waals surface area contributed by atoms with Gasteiger partial charge in [-0.05, 0) is 36.6 Å². The van der Waals surface area contributed by atoms with Gasteiger partial charge in [-0.1, -0.05) is 37.7 Å². The van der Waals surface area contributed by atoms with E-state index in [1.165, 1.54) is 0 Å². The predicted octanol–water partition coefficient (Wildman–Crippen LogP) is 2.69. The summed E-state index contributed by atoms with van der Waals surface area (Å²) in [4.78, 5) is 12.4. The second-order valence-electron chi connectivity index (χ2n) is 4.56. The molecule has 0 aliphatic rings. The predicted molar refractivity (Wildman–Crippen MR) is 79.1 cm³/mol. The lowest BCUT2D eigenvalue weighted by Gasteiger charge is -2.21. The zero-order valence-electron chi connectivity index (χ0n) is 10.7. The van der Waals surface area contributed by atoms with Crippen molar-refractivity contribution in [2.24, 2.45) is 11.7 Å². The fraction of sp³-hybridized carbons (Fsp3) is 0.385. The molecule has 0 aliphatic heterocycles. The molecule has 1 rings (SSSR count). The summed E-state index contributed by atoms with van der Waals surface area (Å²) in [5.74, 6) is -0.0327. The largest absolute Gasteiger partial charge is 0.392 e. The minimum atomic E-state index is -0.303. The number of hydrogen-bond donors (Lipinski definition) is 2. The SMILES string of the molecule is Cc1cc(Cl)ccc1C(=O)NC(C(N)=S)C(C)C. The molecule has 0 saturated carbocycles. The van der Waals surface area contributed by atoms with E-state index >= 15 is 0 Å². The summed E-state index contributed by atoms with van der Waals surface area (Å²) in [5, 5.41) is 3.45. The maximum absolute atomic E-state index is 12.1. The summed E-state index contributed by atoms with van der Waals surface area (Å²) in [6.45, 7) is 5.75. The van der Waals surface area contributed by atoms with Gasteiger partial charge in [-0.25, -0.2) is 0 Å². The van der Waals surface area contributed by atoms with Crippen LogP contribution < -0.4 is 11.1 Å². The van der Waals surface area contributed by atoms with E-state index in [4.69, 9.17) is 29.6 Å². The summed E-state index contributed by atoms with van der Waals surface area (Å²) >= 11 is 10.8. The maximum Gasteiger partial charge on any atom is 0.252 e. The quantitative estimate of drug-likeness (QED) is 0.836. The molecule has 1 amide bonds. The van der Waals surface area contributed by atoms with Crippen molar-refractivity contribution >= 4 is 34.7 Å². The standard InChI is InChI=1S/C13H17ClN2OS/c1-7(2)11(12(15)18)16-13(17)10-5-4-9(14)6-8(10)3/h4-7,11H,1-3H3,(H2,15,18)(H,16,17).